The van der Waals surface area contributed by atoms with Crippen molar-refractivity contribution in [2.75, 3.05) is 19.6 Å². The molecule has 1 heterocycles. The molecule has 0 spiro atoms. The van der Waals surface area contributed by atoms with E-state index >= 15 is 0 Å². The van der Waals surface area contributed by atoms with E-state index in [9.17, 15) is 14.3 Å². The van der Waals surface area contributed by atoms with E-state index in [1.165, 1.54) is 24.3 Å². The van der Waals surface area contributed by atoms with Crippen molar-refractivity contribution in [2.45, 2.75) is 38.2 Å². The van der Waals surface area contributed by atoms with Crippen LogP contribution in [0, 0.1) is 5.82 Å². The lowest BCUT2D eigenvalue weighted by atomic mass is 9.98. The predicted molar refractivity (Wildman–Crippen MR) is 76.3 cm³/mol. The number of ketones is 1. The van der Waals surface area contributed by atoms with Gasteiger partial charge in [0.1, 0.15) is 5.82 Å². The Hall–Kier alpha value is -1.26. The molecule has 1 aromatic rings. The van der Waals surface area contributed by atoms with Crippen LogP contribution in [0.4, 0.5) is 4.39 Å². The van der Waals surface area contributed by atoms with Crippen LogP contribution in [0.25, 0.3) is 0 Å². The van der Waals surface area contributed by atoms with Crippen LogP contribution in [0.2, 0.25) is 0 Å². The van der Waals surface area contributed by atoms with Gasteiger partial charge in [0, 0.05) is 25.1 Å². The number of nitrogens with zero attached hydrogens (tertiary/aromatic N) is 1. The van der Waals surface area contributed by atoms with Crippen molar-refractivity contribution in [1.29, 1.82) is 0 Å². The normalized spacial score (nSPS) is 24.4. The molecule has 1 aliphatic heterocycles. The Labute approximate surface area is 119 Å². The van der Waals surface area contributed by atoms with Gasteiger partial charge >= 0.3 is 0 Å². The summed E-state index contributed by atoms with van der Waals surface area (Å²) in [6, 6.07) is 5.70. The third kappa shape index (κ3) is 4.39. The molecule has 0 aliphatic carbocycles. The lowest BCUT2D eigenvalue weighted by molar-refractivity contribution is 0.0447. The molecule has 1 saturated heterocycles. The molecule has 1 N–H and O–H groups in total. The van der Waals surface area contributed by atoms with E-state index in [2.05, 4.69) is 4.90 Å². The minimum absolute atomic E-state index is 0.0426. The highest BCUT2D eigenvalue weighted by Gasteiger charge is 2.24. The molecule has 1 aromatic carbocycles. The van der Waals surface area contributed by atoms with Gasteiger partial charge in [0.15, 0.2) is 5.78 Å². The molecule has 0 aromatic heterocycles. The molecule has 0 bridgehead atoms. The van der Waals surface area contributed by atoms with Gasteiger partial charge in [-0.15, -0.1) is 0 Å². The van der Waals surface area contributed by atoms with Gasteiger partial charge in [-0.2, -0.15) is 0 Å². The highest BCUT2D eigenvalue weighted by atomic mass is 19.1. The Morgan fingerprint density at radius 3 is 2.70 bits per heavy atom. The molecule has 110 valence electrons. The molecule has 1 atom stereocenters. The Morgan fingerprint density at radius 2 is 2.00 bits per heavy atom. The fraction of sp³-hybridized carbons (Fsp3) is 0.562. The number of hydrogen-bond acceptors (Lipinski definition) is 3. The minimum Gasteiger partial charge on any atom is -0.390 e. The van der Waals surface area contributed by atoms with E-state index < -0.39 is 5.60 Å². The summed E-state index contributed by atoms with van der Waals surface area (Å²) in [4.78, 5) is 14.2. The van der Waals surface area contributed by atoms with Crippen molar-refractivity contribution >= 4 is 5.78 Å². The summed E-state index contributed by atoms with van der Waals surface area (Å²) in [5, 5.41) is 10.0. The van der Waals surface area contributed by atoms with E-state index in [-0.39, 0.29) is 11.6 Å². The number of rotatable bonds is 4. The number of Topliss-reactive ketones (excluding diaryl/α,β-unsaturated/α-hetero) is 1. The highest BCUT2D eigenvalue weighted by molar-refractivity contribution is 5.96. The monoisotopic (exact) mass is 279 g/mol. The maximum absolute atomic E-state index is 12.8. The molecule has 0 saturated carbocycles. The van der Waals surface area contributed by atoms with E-state index in [0.717, 1.165) is 32.4 Å². The first-order valence-electron chi connectivity index (χ1n) is 7.20. The lowest BCUT2D eigenvalue weighted by Crippen LogP contribution is -2.30. The molecule has 0 radical (unpaired) electrons. The van der Waals surface area contributed by atoms with Crippen LogP contribution in [0.15, 0.2) is 24.3 Å². The van der Waals surface area contributed by atoms with Crippen molar-refractivity contribution in [1.82, 2.24) is 4.90 Å². The summed E-state index contributed by atoms with van der Waals surface area (Å²) < 4.78 is 12.8. The maximum atomic E-state index is 12.8. The first-order valence-corrected chi connectivity index (χ1v) is 7.20. The first kappa shape index (κ1) is 15.1. The number of aliphatic hydroxyl groups is 1. The van der Waals surface area contributed by atoms with Crippen LogP contribution in [0.3, 0.4) is 0 Å². The van der Waals surface area contributed by atoms with Crippen LogP contribution < -0.4 is 0 Å². The zero-order valence-corrected chi connectivity index (χ0v) is 11.9. The second-order valence-corrected chi connectivity index (χ2v) is 5.87. The highest BCUT2D eigenvalue weighted by Crippen LogP contribution is 2.21. The third-order valence-corrected chi connectivity index (χ3v) is 3.98. The van der Waals surface area contributed by atoms with Gasteiger partial charge in [0.25, 0.3) is 0 Å². The Morgan fingerprint density at radius 1 is 1.30 bits per heavy atom. The largest absolute Gasteiger partial charge is 0.390 e. The van der Waals surface area contributed by atoms with Crippen LogP contribution in [0.1, 0.15) is 43.0 Å². The molecular formula is C16H22FNO2. The quantitative estimate of drug-likeness (QED) is 0.861. The summed E-state index contributed by atoms with van der Waals surface area (Å²) in [7, 11) is 0. The number of likely N-dealkylation sites (tertiary alicyclic amines) is 1. The zero-order chi connectivity index (χ0) is 14.6. The number of hydrogen-bond donors (Lipinski definition) is 1. The van der Waals surface area contributed by atoms with Crippen molar-refractivity contribution in [3.63, 3.8) is 0 Å². The molecule has 1 aliphatic rings. The maximum Gasteiger partial charge on any atom is 0.164 e. The molecule has 3 nitrogen and oxygen atoms in total. The minimum atomic E-state index is -0.574. The summed E-state index contributed by atoms with van der Waals surface area (Å²) in [6.45, 7) is 4.32. The standard InChI is InChI=1S/C16H22FNO2/c1-16(20)8-2-10-18(12-9-16)11-7-15(19)13-3-5-14(17)6-4-13/h3-6,20H,2,7-12H2,1H3. The Kier molecular flexibility index (Phi) is 4.89. The van der Waals surface area contributed by atoms with Crippen LogP contribution in [-0.4, -0.2) is 41.0 Å². The molecule has 1 unspecified atom stereocenters. The van der Waals surface area contributed by atoms with Gasteiger partial charge in [0.2, 0.25) is 0 Å². The molecule has 20 heavy (non-hydrogen) atoms. The van der Waals surface area contributed by atoms with Gasteiger partial charge in [-0.05, 0) is 57.0 Å². The Balaban J connectivity index is 1.83. The third-order valence-electron chi connectivity index (χ3n) is 3.98. The number of halogens is 1. The number of carbonyl (C=O) groups is 1. The lowest BCUT2D eigenvalue weighted by Gasteiger charge is -2.22. The van der Waals surface area contributed by atoms with Crippen LogP contribution in [-0.2, 0) is 0 Å². The fourth-order valence-corrected chi connectivity index (χ4v) is 2.58. The predicted octanol–water partition coefficient (Wildman–Crippen LogP) is 2.64. The summed E-state index contributed by atoms with van der Waals surface area (Å²) >= 11 is 0. The van der Waals surface area contributed by atoms with Crippen molar-refractivity contribution < 1.29 is 14.3 Å². The molecule has 2 rings (SSSR count). The summed E-state index contributed by atoms with van der Waals surface area (Å²) in [5.41, 5.74) is -0.0105. The first-order chi connectivity index (χ1) is 9.46. The van der Waals surface area contributed by atoms with Crippen LogP contribution >= 0.6 is 0 Å². The summed E-state index contributed by atoms with van der Waals surface area (Å²) in [6.07, 6.45) is 2.96. The summed E-state index contributed by atoms with van der Waals surface area (Å²) in [5.74, 6) is -0.280. The van der Waals surface area contributed by atoms with E-state index in [1.54, 1.807) is 0 Å². The second-order valence-electron chi connectivity index (χ2n) is 5.87. The fourth-order valence-electron chi connectivity index (χ4n) is 2.58. The van der Waals surface area contributed by atoms with Crippen molar-refractivity contribution in [3.05, 3.63) is 35.6 Å². The number of carbonyl (C=O) groups excluding carboxylic acids is 1. The Bertz CT molecular complexity index is 456. The van der Waals surface area contributed by atoms with Gasteiger partial charge < -0.3 is 10.0 Å². The number of benzene rings is 1. The molecule has 1 fully saturated rings. The SMILES string of the molecule is CC1(O)CCCN(CCC(=O)c2ccc(F)cc2)CC1. The van der Waals surface area contributed by atoms with E-state index in [4.69, 9.17) is 0 Å². The second kappa shape index (κ2) is 6.46. The van der Waals surface area contributed by atoms with Gasteiger partial charge in [-0.25, -0.2) is 4.39 Å². The average Bonchev–Trinajstić information content (AvgIpc) is 2.58. The van der Waals surface area contributed by atoms with Gasteiger partial charge in [-0.1, -0.05) is 0 Å². The topological polar surface area (TPSA) is 40.5 Å². The van der Waals surface area contributed by atoms with Gasteiger partial charge in [0.05, 0.1) is 5.60 Å². The smallest absolute Gasteiger partial charge is 0.164 e. The van der Waals surface area contributed by atoms with Crippen molar-refractivity contribution in [3.8, 4) is 0 Å². The zero-order valence-electron chi connectivity index (χ0n) is 11.9. The van der Waals surface area contributed by atoms with Gasteiger partial charge in [-0.3, -0.25) is 4.79 Å². The van der Waals surface area contributed by atoms with Crippen molar-refractivity contribution in [2.24, 2.45) is 0 Å². The molecular weight excluding hydrogens is 257 g/mol. The average molecular weight is 279 g/mol. The van der Waals surface area contributed by atoms with E-state index in [1.807, 2.05) is 6.92 Å². The van der Waals surface area contributed by atoms with Crippen LogP contribution in [0.5, 0.6) is 0 Å². The van der Waals surface area contributed by atoms with E-state index in [0.29, 0.717) is 18.5 Å². The molecule has 0 amide bonds. The molecule has 4 heteroatoms.